The van der Waals surface area contributed by atoms with E-state index in [-0.39, 0.29) is 24.4 Å². The molecule has 1 unspecified atom stereocenters. The van der Waals surface area contributed by atoms with E-state index < -0.39 is 0 Å². The molecule has 1 amide bonds. The van der Waals surface area contributed by atoms with Crippen molar-refractivity contribution in [2.45, 2.75) is 32.7 Å². The SMILES string of the molecule is CCCN(C(=O)c1cc(C)no1)C1CCNC1.Cl. The number of carbonyl (C=O) groups excluding carboxylic acids is 1. The first-order valence-electron chi connectivity index (χ1n) is 6.17. The van der Waals surface area contributed by atoms with Crippen LogP contribution < -0.4 is 5.32 Å². The largest absolute Gasteiger partial charge is 0.351 e. The molecule has 0 saturated carbocycles. The van der Waals surface area contributed by atoms with Crippen molar-refractivity contribution in [1.29, 1.82) is 0 Å². The Balaban J connectivity index is 0.00000162. The zero-order valence-electron chi connectivity index (χ0n) is 10.8. The van der Waals surface area contributed by atoms with Gasteiger partial charge in [-0.2, -0.15) is 0 Å². The molecule has 0 bridgehead atoms. The molecule has 0 aliphatic carbocycles. The third-order valence-electron chi connectivity index (χ3n) is 3.04. The van der Waals surface area contributed by atoms with Crippen LogP contribution in [0.1, 0.15) is 36.0 Å². The number of aryl methyl sites for hydroxylation is 1. The molecular weight excluding hydrogens is 254 g/mol. The summed E-state index contributed by atoms with van der Waals surface area (Å²) in [5, 5.41) is 7.05. The number of nitrogens with one attached hydrogen (secondary N) is 1. The van der Waals surface area contributed by atoms with E-state index in [0.29, 0.717) is 5.76 Å². The Hall–Kier alpha value is -1.07. The summed E-state index contributed by atoms with van der Waals surface area (Å²) in [5.41, 5.74) is 0.745. The second-order valence-electron chi connectivity index (χ2n) is 4.48. The summed E-state index contributed by atoms with van der Waals surface area (Å²) in [5.74, 6) is 0.309. The minimum atomic E-state index is -0.0406. The van der Waals surface area contributed by atoms with Crippen LogP contribution in [0.4, 0.5) is 0 Å². The van der Waals surface area contributed by atoms with Gasteiger partial charge < -0.3 is 14.7 Å². The summed E-state index contributed by atoms with van der Waals surface area (Å²) in [6, 6.07) is 1.99. The fourth-order valence-corrected chi connectivity index (χ4v) is 2.20. The van der Waals surface area contributed by atoms with E-state index in [4.69, 9.17) is 4.52 Å². The molecule has 18 heavy (non-hydrogen) atoms. The molecule has 1 saturated heterocycles. The Morgan fingerprint density at radius 3 is 2.94 bits per heavy atom. The summed E-state index contributed by atoms with van der Waals surface area (Å²) >= 11 is 0. The lowest BCUT2D eigenvalue weighted by Crippen LogP contribution is -2.41. The highest BCUT2D eigenvalue weighted by Crippen LogP contribution is 2.14. The average Bonchev–Trinajstić information content (AvgIpc) is 2.95. The van der Waals surface area contributed by atoms with Crippen molar-refractivity contribution < 1.29 is 9.32 Å². The number of nitrogens with zero attached hydrogens (tertiary/aromatic N) is 2. The van der Waals surface area contributed by atoms with Crippen molar-refractivity contribution in [3.63, 3.8) is 0 Å². The second kappa shape index (κ2) is 6.75. The van der Waals surface area contributed by atoms with Crippen LogP contribution in [0.15, 0.2) is 10.6 Å². The van der Waals surface area contributed by atoms with Crippen LogP contribution in [0.5, 0.6) is 0 Å². The van der Waals surface area contributed by atoms with Gasteiger partial charge in [0.05, 0.1) is 5.69 Å². The maximum atomic E-state index is 12.3. The zero-order valence-corrected chi connectivity index (χ0v) is 11.6. The fraction of sp³-hybridized carbons (Fsp3) is 0.667. The van der Waals surface area contributed by atoms with Crippen molar-refractivity contribution in [2.75, 3.05) is 19.6 Å². The third kappa shape index (κ3) is 3.23. The number of rotatable bonds is 4. The van der Waals surface area contributed by atoms with E-state index in [1.165, 1.54) is 0 Å². The van der Waals surface area contributed by atoms with Gasteiger partial charge in [0.15, 0.2) is 0 Å². The van der Waals surface area contributed by atoms with Crippen LogP contribution in [0.2, 0.25) is 0 Å². The number of aromatic nitrogens is 1. The molecule has 1 aromatic heterocycles. The molecule has 1 aromatic rings. The van der Waals surface area contributed by atoms with Crippen LogP contribution in [0, 0.1) is 6.92 Å². The Bertz CT molecular complexity index is 388. The average molecular weight is 274 g/mol. The molecule has 102 valence electrons. The lowest BCUT2D eigenvalue weighted by molar-refractivity contribution is 0.0649. The molecule has 5 nitrogen and oxygen atoms in total. The highest BCUT2D eigenvalue weighted by molar-refractivity contribution is 5.91. The van der Waals surface area contributed by atoms with E-state index in [2.05, 4.69) is 17.4 Å². The number of carbonyl (C=O) groups is 1. The second-order valence-corrected chi connectivity index (χ2v) is 4.48. The van der Waals surface area contributed by atoms with Gasteiger partial charge in [-0.3, -0.25) is 4.79 Å². The van der Waals surface area contributed by atoms with E-state index in [1.807, 2.05) is 11.8 Å². The highest BCUT2D eigenvalue weighted by atomic mass is 35.5. The van der Waals surface area contributed by atoms with Crippen molar-refractivity contribution in [3.8, 4) is 0 Å². The van der Waals surface area contributed by atoms with E-state index in [9.17, 15) is 4.79 Å². The predicted octanol–water partition coefficient (Wildman–Crippen LogP) is 1.62. The van der Waals surface area contributed by atoms with Crippen LogP contribution in [-0.4, -0.2) is 41.6 Å². The standard InChI is InChI=1S/C12H19N3O2.ClH/c1-3-6-15(10-4-5-13-8-10)12(16)11-7-9(2)14-17-11;/h7,10,13H,3-6,8H2,1-2H3;1H. The van der Waals surface area contributed by atoms with Crippen molar-refractivity contribution >= 4 is 18.3 Å². The van der Waals surface area contributed by atoms with Crippen molar-refractivity contribution in [2.24, 2.45) is 0 Å². The van der Waals surface area contributed by atoms with Crippen LogP contribution in [0.3, 0.4) is 0 Å². The monoisotopic (exact) mass is 273 g/mol. The molecule has 1 N–H and O–H groups in total. The van der Waals surface area contributed by atoms with E-state index >= 15 is 0 Å². The van der Waals surface area contributed by atoms with Gasteiger partial charge in [-0.1, -0.05) is 12.1 Å². The predicted molar refractivity (Wildman–Crippen MR) is 71.1 cm³/mol. The van der Waals surface area contributed by atoms with Gasteiger partial charge in [0.25, 0.3) is 5.91 Å². The lowest BCUT2D eigenvalue weighted by atomic mass is 10.2. The van der Waals surface area contributed by atoms with Gasteiger partial charge in [0.1, 0.15) is 0 Å². The zero-order chi connectivity index (χ0) is 12.3. The van der Waals surface area contributed by atoms with Gasteiger partial charge in [-0.15, -0.1) is 12.4 Å². The molecule has 2 rings (SSSR count). The van der Waals surface area contributed by atoms with E-state index in [1.54, 1.807) is 6.07 Å². The minimum Gasteiger partial charge on any atom is -0.351 e. The number of hydrogen-bond acceptors (Lipinski definition) is 4. The molecule has 0 aromatic carbocycles. The summed E-state index contributed by atoms with van der Waals surface area (Å²) in [4.78, 5) is 14.2. The van der Waals surface area contributed by atoms with Crippen LogP contribution in [-0.2, 0) is 0 Å². The highest BCUT2D eigenvalue weighted by Gasteiger charge is 2.28. The topological polar surface area (TPSA) is 58.4 Å². The molecule has 6 heteroatoms. The molecule has 1 fully saturated rings. The lowest BCUT2D eigenvalue weighted by Gasteiger charge is -2.26. The van der Waals surface area contributed by atoms with Gasteiger partial charge in [0, 0.05) is 25.2 Å². The van der Waals surface area contributed by atoms with Gasteiger partial charge in [-0.05, 0) is 26.3 Å². The molecule has 1 aliphatic heterocycles. The molecule has 0 radical (unpaired) electrons. The number of amides is 1. The Morgan fingerprint density at radius 2 is 2.44 bits per heavy atom. The molecule has 1 aliphatic rings. The van der Waals surface area contributed by atoms with Gasteiger partial charge in [0.2, 0.25) is 5.76 Å². The summed E-state index contributed by atoms with van der Waals surface area (Å²) < 4.78 is 5.05. The Labute approximate surface area is 113 Å². The first-order valence-corrected chi connectivity index (χ1v) is 6.17. The molecule has 0 spiro atoms. The molecule has 2 heterocycles. The van der Waals surface area contributed by atoms with Crippen molar-refractivity contribution in [1.82, 2.24) is 15.4 Å². The van der Waals surface area contributed by atoms with E-state index in [0.717, 1.165) is 38.2 Å². The van der Waals surface area contributed by atoms with Crippen molar-refractivity contribution in [3.05, 3.63) is 17.5 Å². The summed E-state index contributed by atoms with van der Waals surface area (Å²) in [7, 11) is 0. The maximum absolute atomic E-state index is 12.3. The summed E-state index contributed by atoms with van der Waals surface area (Å²) in [6.07, 6.45) is 1.97. The first-order chi connectivity index (χ1) is 8.22. The first kappa shape index (κ1) is 15.0. The minimum absolute atomic E-state index is 0. The number of halogens is 1. The molecule has 1 atom stereocenters. The third-order valence-corrected chi connectivity index (χ3v) is 3.04. The number of hydrogen-bond donors (Lipinski definition) is 1. The normalized spacial score (nSPS) is 18.4. The van der Waals surface area contributed by atoms with Crippen LogP contribution >= 0.6 is 12.4 Å². The van der Waals surface area contributed by atoms with Gasteiger partial charge >= 0.3 is 0 Å². The Morgan fingerprint density at radius 1 is 1.67 bits per heavy atom. The van der Waals surface area contributed by atoms with Crippen LogP contribution in [0.25, 0.3) is 0 Å². The van der Waals surface area contributed by atoms with Gasteiger partial charge in [-0.25, -0.2) is 0 Å². The molecular formula is C12H20ClN3O2. The summed E-state index contributed by atoms with van der Waals surface area (Å²) in [6.45, 7) is 6.52. The maximum Gasteiger partial charge on any atom is 0.292 e. The smallest absolute Gasteiger partial charge is 0.292 e. The fourth-order valence-electron chi connectivity index (χ4n) is 2.20. The quantitative estimate of drug-likeness (QED) is 0.906. The Kier molecular flexibility index (Phi) is 5.62.